The minimum atomic E-state index is -0.770. The first-order chi connectivity index (χ1) is 6.68. The van der Waals surface area contributed by atoms with E-state index in [-0.39, 0.29) is 6.54 Å². The van der Waals surface area contributed by atoms with Crippen LogP contribution in [0.3, 0.4) is 0 Å². The lowest BCUT2D eigenvalue weighted by Gasteiger charge is -2.22. The van der Waals surface area contributed by atoms with Gasteiger partial charge in [-0.25, -0.2) is 0 Å². The fraction of sp³-hybridized carbons (Fsp3) is 0.364. The predicted molar refractivity (Wildman–Crippen MR) is 54.6 cm³/mol. The summed E-state index contributed by atoms with van der Waals surface area (Å²) in [5, 5.41) is 8.78. The van der Waals surface area contributed by atoms with E-state index >= 15 is 0 Å². The van der Waals surface area contributed by atoms with Crippen LogP contribution >= 0.6 is 0 Å². The highest BCUT2D eigenvalue weighted by Crippen LogP contribution is 2.31. The summed E-state index contributed by atoms with van der Waals surface area (Å²) >= 11 is 0. The molecule has 14 heavy (non-hydrogen) atoms. The van der Waals surface area contributed by atoms with Gasteiger partial charge < -0.3 is 10.0 Å². The van der Waals surface area contributed by atoms with Gasteiger partial charge in [0.25, 0.3) is 0 Å². The van der Waals surface area contributed by atoms with Gasteiger partial charge in [0.2, 0.25) is 0 Å². The smallest absolute Gasteiger partial charge is 0.323 e. The number of carboxylic acid groups (broad SMARTS) is 1. The van der Waals surface area contributed by atoms with Crippen molar-refractivity contribution in [3.05, 3.63) is 29.8 Å². The van der Waals surface area contributed by atoms with E-state index in [4.69, 9.17) is 5.11 Å². The van der Waals surface area contributed by atoms with Crippen LogP contribution in [0.25, 0.3) is 0 Å². The SMILES string of the molecule is C[C@H]1Cc2ccccc2N1CC(=O)O. The van der Waals surface area contributed by atoms with Crippen LogP contribution in [0.5, 0.6) is 0 Å². The zero-order chi connectivity index (χ0) is 10.1. The van der Waals surface area contributed by atoms with Crippen molar-refractivity contribution in [1.29, 1.82) is 0 Å². The third-order valence-electron chi connectivity index (χ3n) is 2.65. The Balaban J connectivity index is 2.30. The first-order valence-electron chi connectivity index (χ1n) is 4.75. The van der Waals surface area contributed by atoms with Crippen LogP contribution in [0.4, 0.5) is 5.69 Å². The predicted octanol–water partition coefficient (Wildman–Crippen LogP) is 1.52. The number of aliphatic carboxylic acids is 1. The Hall–Kier alpha value is -1.51. The van der Waals surface area contributed by atoms with Crippen LogP contribution in [-0.4, -0.2) is 23.7 Å². The number of anilines is 1. The molecule has 0 fully saturated rings. The van der Waals surface area contributed by atoms with Crippen molar-refractivity contribution >= 4 is 11.7 Å². The number of hydrogen-bond acceptors (Lipinski definition) is 2. The van der Waals surface area contributed by atoms with Gasteiger partial charge in [-0.3, -0.25) is 4.79 Å². The molecular weight excluding hydrogens is 178 g/mol. The number of nitrogens with zero attached hydrogens (tertiary/aromatic N) is 1. The molecule has 1 N–H and O–H groups in total. The summed E-state index contributed by atoms with van der Waals surface area (Å²) in [6.07, 6.45) is 0.948. The molecule has 1 aliphatic rings. The summed E-state index contributed by atoms with van der Waals surface area (Å²) in [5.74, 6) is -0.770. The van der Waals surface area contributed by atoms with Crippen molar-refractivity contribution in [2.75, 3.05) is 11.4 Å². The molecule has 0 bridgehead atoms. The van der Waals surface area contributed by atoms with Gasteiger partial charge in [0, 0.05) is 11.7 Å². The molecule has 0 radical (unpaired) electrons. The highest BCUT2D eigenvalue weighted by atomic mass is 16.4. The molecule has 0 unspecified atom stereocenters. The minimum absolute atomic E-state index is 0.0954. The van der Waals surface area contributed by atoms with Gasteiger partial charge >= 0.3 is 5.97 Å². The summed E-state index contributed by atoms with van der Waals surface area (Å²) in [5.41, 5.74) is 2.32. The fourth-order valence-electron chi connectivity index (χ4n) is 2.02. The Morgan fingerprint density at radius 2 is 2.29 bits per heavy atom. The molecule has 3 heteroatoms. The summed E-state index contributed by atoms with van der Waals surface area (Å²) in [6, 6.07) is 8.29. The highest BCUT2D eigenvalue weighted by Gasteiger charge is 2.26. The Morgan fingerprint density at radius 3 is 3.00 bits per heavy atom. The van der Waals surface area contributed by atoms with E-state index in [1.165, 1.54) is 5.56 Å². The van der Waals surface area contributed by atoms with Gasteiger partial charge in [0.15, 0.2) is 0 Å². The quantitative estimate of drug-likeness (QED) is 0.770. The van der Waals surface area contributed by atoms with Gasteiger partial charge in [-0.1, -0.05) is 18.2 Å². The van der Waals surface area contributed by atoms with Gasteiger partial charge in [-0.15, -0.1) is 0 Å². The van der Waals surface area contributed by atoms with Crippen LogP contribution in [0.15, 0.2) is 24.3 Å². The lowest BCUT2D eigenvalue weighted by atomic mass is 10.1. The zero-order valence-corrected chi connectivity index (χ0v) is 8.10. The Labute approximate surface area is 83.0 Å². The van der Waals surface area contributed by atoms with E-state index in [1.54, 1.807) is 0 Å². The van der Waals surface area contributed by atoms with Crippen molar-refractivity contribution in [3.8, 4) is 0 Å². The number of carboxylic acids is 1. The number of para-hydroxylation sites is 1. The molecule has 0 saturated heterocycles. The Morgan fingerprint density at radius 1 is 1.57 bits per heavy atom. The average molecular weight is 191 g/mol. The molecule has 0 aromatic heterocycles. The summed E-state index contributed by atoms with van der Waals surface area (Å²) in [4.78, 5) is 12.6. The largest absolute Gasteiger partial charge is 0.480 e. The minimum Gasteiger partial charge on any atom is -0.480 e. The van der Waals surface area contributed by atoms with Crippen LogP contribution in [0, 0.1) is 0 Å². The second kappa shape index (κ2) is 3.33. The summed E-state index contributed by atoms with van der Waals surface area (Å²) in [7, 11) is 0. The normalized spacial score (nSPS) is 19.5. The van der Waals surface area contributed by atoms with Crippen LogP contribution in [0.1, 0.15) is 12.5 Å². The van der Waals surface area contributed by atoms with E-state index in [0.717, 1.165) is 12.1 Å². The second-order valence-corrected chi connectivity index (χ2v) is 3.70. The molecule has 3 nitrogen and oxygen atoms in total. The molecule has 1 aliphatic heterocycles. The molecule has 74 valence electrons. The van der Waals surface area contributed by atoms with Crippen LogP contribution in [0.2, 0.25) is 0 Å². The molecule has 0 aliphatic carbocycles. The summed E-state index contributed by atoms with van der Waals surface area (Å²) < 4.78 is 0. The van der Waals surface area contributed by atoms with Gasteiger partial charge in [0.1, 0.15) is 6.54 Å². The second-order valence-electron chi connectivity index (χ2n) is 3.70. The van der Waals surface area contributed by atoms with E-state index < -0.39 is 5.97 Å². The van der Waals surface area contributed by atoms with Crippen LogP contribution in [-0.2, 0) is 11.2 Å². The molecule has 0 saturated carbocycles. The van der Waals surface area contributed by atoms with E-state index in [0.29, 0.717) is 6.04 Å². The highest BCUT2D eigenvalue weighted by molar-refractivity contribution is 5.75. The zero-order valence-electron chi connectivity index (χ0n) is 8.10. The maximum atomic E-state index is 10.7. The van der Waals surface area contributed by atoms with Crippen LogP contribution < -0.4 is 4.90 Å². The monoisotopic (exact) mass is 191 g/mol. The first kappa shape index (κ1) is 9.06. The molecule has 1 aromatic carbocycles. The molecule has 1 atom stereocenters. The van der Waals surface area contributed by atoms with Gasteiger partial charge in [-0.05, 0) is 25.0 Å². The van der Waals surface area contributed by atoms with E-state index in [9.17, 15) is 4.79 Å². The van der Waals surface area contributed by atoms with Crippen molar-refractivity contribution in [1.82, 2.24) is 0 Å². The standard InChI is InChI=1S/C11H13NO2/c1-8-6-9-4-2-3-5-10(9)12(8)7-11(13)14/h2-5,8H,6-7H2,1H3,(H,13,14)/t8-/m0/s1. The molecule has 0 amide bonds. The first-order valence-corrected chi connectivity index (χ1v) is 4.75. The third kappa shape index (κ3) is 1.45. The molecule has 1 heterocycles. The molecule has 2 rings (SSSR count). The number of benzene rings is 1. The lowest BCUT2D eigenvalue weighted by molar-refractivity contribution is -0.135. The van der Waals surface area contributed by atoms with Gasteiger partial charge in [0.05, 0.1) is 0 Å². The van der Waals surface area contributed by atoms with Crippen molar-refractivity contribution in [2.45, 2.75) is 19.4 Å². The van der Waals surface area contributed by atoms with Gasteiger partial charge in [-0.2, -0.15) is 0 Å². The molecule has 0 spiro atoms. The van der Waals surface area contributed by atoms with E-state index in [2.05, 4.69) is 13.0 Å². The number of carbonyl (C=O) groups is 1. The summed E-state index contributed by atoms with van der Waals surface area (Å²) in [6.45, 7) is 2.15. The Bertz CT molecular complexity index is 362. The maximum Gasteiger partial charge on any atom is 0.323 e. The lowest BCUT2D eigenvalue weighted by Crippen LogP contribution is -2.34. The average Bonchev–Trinajstić information content (AvgIpc) is 2.43. The van der Waals surface area contributed by atoms with Crippen molar-refractivity contribution in [3.63, 3.8) is 0 Å². The van der Waals surface area contributed by atoms with Crippen molar-refractivity contribution < 1.29 is 9.90 Å². The van der Waals surface area contributed by atoms with Crippen molar-refractivity contribution in [2.24, 2.45) is 0 Å². The Kier molecular flexibility index (Phi) is 2.15. The number of fused-ring (bicyclic) bond motifs is 1. The molecule has 1 aromatic rings. The number of rotatable bonds is 2. The number of hydrogen-bond donors (Lipinski definition) is 1. The topological polar surface area (TPSA) is 40.5 Å². The maximum absolute atomic E-state index is 10.7. The van der Waals surface area contributed by atoms with E-state index in [1.807, 2.05) is 23.1 Å². The molecular formula is C11H13NO2. The third-order valence-corrected chi connectivity index (χ3v) is 2.65. The fourth-order valence-corrected chi connectivity index (χ4v) is 2.02.